The minimum Gasteiger partial charge on any atom is -0.343 e. The highest BCUT2D eigenvalue weighted by Gasteiger charge is 2.54. The van der Waals surface area contributed by atoms with Crippen LogP contribution < -0.4 is 0 Å². The van der Waals surface area contributed by atoms with Gasteiger partial charge in [-0.25, -0.2) is 0 Å². The van der Waals surface area contributed by atoms with Crippen LogP contribution in [0.2, 0.25) is 0 Å². The summed E-state index contributed by atoms with van der Waals surface area (Å²) in [5, 5.41) is 0. The van der Waals surface area contributed by atoms with E-state index in [9.17, 15) is 4.79 Å². The lowest BCUT2D eigenvalue weighted by atomic mass is 9.73. The number of hydrogen-bond donors (Lipinski definition) is 0. The number of hydrogen-bond acceptors (Lipinski definition) is 3. The second-order valence-electron chi connectivity index (χ2n) is 4.69. The molecule has 3 nitrogen and oxygen atoms in total. The van der Waals surface area contributed by atoms with Gasteiger partial charge in [-0.15, -0.1) is 0 Å². The molecule has 2 aliphatic carbocycles. The van der Waals surface area contributed by atoms with E-state index >= 15 is 0 Å². The SMILES string of the molecule is COC1(OC)C(=O)c2c1ccc1c2CCCC1. The molecule has 2 aliphatic rings. The van der Waals surface area contributed by atoms with Gasteiger partial charge in [-0.1, -0.05) is 12.1 Å². The average molecular weight is 232 g/mol. The van der Waals surface area contributed by atoms with E-state index in [1.54, 1.807) is 0 Å². The maximum absolute atomic E-state index is 12.3. The van der Waals surface area contributed by atoms with Crippen molar-refractivity contribution in [3.8, 4) is 0 Å². The van der Waals surface area contributed by atoms with Gasteiger partial charge in [0.15, 0.2) is 0 Å². The Bertz CT molecular complexity index is 486. The predicted octanol–water partition coefficient (Wildman–Crippen LogP) is 2.21. The molecule has 3 heteroatoms. The standard InChI is InChI=1S/C14H16O3/c1-16-14(17-2)11-8-7-9-5-3-4-6-10(9)12(11)13(14)15/h7-8H,3-6H2,1-2H3. The van der Waals surface area contributed by atoms with Crippen molar-refractivity contribution in [2.24, 2.45) is 0 Å². The Kier molecular flexibility index (Phi) is 2.35. The minimum absolute atomic E-state index is 0.0174. The lowest BCUT2D eigenvalue weighted by Crippen LogP contribution is -2.50. The molecule has 0 fully saturated rings. The summed E-state index contributed by atoms with van der Waals surface area (Å²) in [6, 6.07) is 4.10. The van der Waals surface area contributed by atoms with Crippen molar-refractivity contribution >= 4 is 5.78 Å². The van der Waals surface area contributed by atoms with Gasteiger partial charge in [0.2, 0.25) is 5.78 Å². The minimum atomic E-state index is -1.14. The van der Waals surface area contributed by atoms with Crippen LogP contribution in [0, 0.1) is 0 Å². The molecule has 3 rings (SSSR count). The number of ketones is 1. The fourth-order valence-corrected chi connectivity index (χ4v) is 3.07. The van der Waals surface area contributed by atoms with Crippen LogP contribution in [-0.2, 0) is 28.1 Å². The molecule has 1 aromatic carbocycles. The van der Waals surface area contributed by atoms with Crippen molar-refractivity contribution in [2.75, 3.05) is 14.2 Å². The van der Waals surface area contributed by atoms with Crippen LogP contribution in [0.5, 0.6) is 0 Å². The number of fused-ring (bicyclic) bond motifs is 3. The van der Waals surface area contributed by atoms with Crippen LogP contribution in [0.15, 0.2) is 12.1 Å². The van der Waals surface area contributed by atoms with E-state index in [1.165, 1.54) is 38.2 Å². The first-order chi connectivity index (χ1) is 8.24. The van der Waals surface area contributed by atoms with Gasteiger partial charge in [0, 0.05) is 25.3 Å². The van der Waals surface area contributed by atoms with Gasteiger partial charge >= 0.3 is 0 Å². The Morgan fingerprint density at radius 3 is 2.53 bits per heavy atom. The van der Waals surface area contributed by atoms with E-state index in [0.29, 0.717) is 0 Å². The monoisotopic (exact) mass is 232 g/mol. The molecule has 0 spiro atoms. The summed E-state index contributed by atoms with van der Waals surface area (Å²) < 4.78 is 10.6. The largest absolute Gasteiger partial charge is 0.343 e. The maximum atomic E-state index is 12.3. The summed E-state index contributed by atoms with van der Waals surface area (Å²) in [4.78, 5) is 12.3. The van der Waals surface area contributed by atoms with Gasteiger partial charge in [-0.05, 0) is 36.8 Å². The Morgan fingerprint density at radius 1 is 1.12 bits per heavy atom. The molecule has 0 heterocycles. The summed E-state index contributed by atoms with van der Waals surface area (Å²) in [5.74, 6) is -1.15. The zero-order valence-corrected chi connectivity index (χ0v) is 10.2. The number of benzene rings is 1. The lowest BCUT2D eigenvalue weighted by Gasteiger charge is -2.41. The molecule has 0 N–H and O–H groups in total. The van der Waals surface area contributed by atoms with E-state index < -0.39 is 5.79 Å². The molecular formula is C14H16O3. The number of Topliss-reactive ketones (excluding diaryl/α,β-unsaturated/α-hetero) is 1. The van der Waals surface area contributed by atoms with Crippen molar-refractivity contribution in [1.29, 1.82) is 0 Å². The van der Waals surface area contributed by atoms with Crippen molar-refractivity contribution in [2.45, 2.75) is 31.5 Å². The van der Waals surface area contributed by atoms with Gasteiger partial charge in [0.05, 0.1) is 0 Å². The number of ether oxygens (including phenoxy) is 2. The molecule has 1 aromatic rings. The molecule has 0 saturated heterocycles. The molecule has 17 heavy (non-hydrogen) atoms. The number of rotatable bonds is 2. The van der Waals surface area contributed by atoms with E-state index in [2.05, 4.69) is 6.07 Å². The molecule has 0 saturated carbocycles. The average Bonchev–Trinajstić information content (AvgIpc) is 2.38. The van der Waals surface area contributed by atoms with Crippen LogP contribution in [0.4, 0.5) is 0 Å². The highest BCUT2D eigenvalue weighted by atomic mass is 16.7. The summed E-state index contributed by atoms with van der Waals surface area (Å²) in [6.45, 7) is 0. The third-order valence-corrected chi connectivity index (χ3v) is 3.99. The number of carbonyl (C=O) groups is 1. The van der Waals surface area contributed by atoms with Crippen molar-refractivity contribution in [3.63, 3.8) is 0 Å². The fraction of sp³-hybridized carbons (Fsp3) is 0.500. The van der Waals surface area contributed by atoms with Gasteiger partial charge in [-0.2, -0.15) is 0 Å². The normalized spacial score (nSPS) is 20.5. The number of aryl methyl sites for hydroxylation is 1. The van der Waals surface area contributed by atoms with Crippen molar-refractivity contribution < 1.29 is 14.3 Å². The summed E-state index contributed by atoms with van der Waals surface area (Å²) >= 11 is 0. The van der Waals surface area contributed by atoms with Crippen LogP contribution in [0.1, 0.15) is 39.9 Å². The fourth-order valence-electron chi connectivity index (χ4n) is 3.07. The topological polar surface area (TPSA) is 35.5 Å². The maximum Gasteiger partial charge on any atom is 0.261 e. The van der Waals surface area contributed by atoms with E-state index in [1.807, 2.05) is 6.07 Å². The third kappa shape index (κ3) is 1.21. The number of carbonyl (C=O) groups excluding carboxylic acids is 1. The molecule has 0 amide bonds. The number of methoxy groups -OCH3 is 2. The molecule has 90 valence electrons. The van der Waals surface area contributed by atoms with Crippen molar-refractivity contribution in [3.05, 3.63) is 34.4 Å². The molecule has 0 aromatic heterocycles. The second-order valence-corrected chi connectivity index (χ2v) is 4.69. The molecule has 0 radical (unpaired) electrons. The molecule has 0 atom stereocenters. The first kappa shape index (κ1) is 10.9. The van der Waals surface area contributed by atoms with Gasteiger partial charge in [0.1, 0.15) is 0 Å². The van der Waals surface area contributed by atoms with Crippen LogP contribution in [-0.4, -0.2) is 20.0 Å². The Morgan fingerprint density at radius 2 is 1.82 bits per heavy atom. The molecule has 0 unspecified atom stereocenters. The quantitative estimate of drug-likeness (QED) is 0.733. The van der Waals surface area contributed by atoms with E-state index in [-0.39, 0.29) is 5.78 Å². The zero-order chi connectivity index (χ0) is 12.0. The van der Waals surface area contributed by atoms with Crippen LogP contribution in [0.3, 0.4) is 0 Å². The first-order valence-corrected chi connectivity index (χ1v) is 6.05. The highest BCUT2D eigenvalue weighted by Crippen LogP contribution is 2.46. The van der Waals surface area contributed by atoms with Crippen LogP contribution >= 0.6 is 0 Å². The predicted molar refractivity (Wildman–Crippen MR) is 63.1 cm³/mol. The molecule has 0 bridgehead atoms. The molecular weight excluding hydrogens is 216 g/mol. The Hall–Kier alpha value is -1.19. The second kappa shape index (κ2) is 3.65. The third-order valence-electron chi connectivity index (χ3n) is 3.99. The Labute approximate surface area is 101 Å². The van der Waals surface area contributed by atoms with Gasteiger partial charge < -0.3 is 9.47 Å². The summed E-state index contributed by atoms with van der Waals surface area (Å²) in [7, 11) is 3.04. The van der Waals surface area contributed by atoms with Crippen molar-refractivity contribution in [1.82, 2.24) is 0 Å². The highest BCUT2D eigenvalue weighted by molar-refractivity contribution is 6.13. The van der Waals surface area contributed by atoms with E-state index in [4.69, 9.17) is 9.47 Å². The van der Waals surface area contributed by atoms with Crippen LogP contribution in [0.25, 0.3) is 0 Å². The van der Waals surface area contributed by atoms with E-state index in [0.717, 1.165) is 24.0 Å². The zero-order valence-electron chi connectivity index (χ0n) is 10.2. The summed E-state index contributed by atoms with van der Waals surface area (Å²) in [6.07, 6.45) is 4.49. The Balaban J connectivity index is 2.16. The van der Waals surface area contributed by atoms with Gasteiger partial charge in [0.25, 0.3) is 5.79 Å². The molecule has 0 aliphatic heterocycles. The first-order valence-electron chi connectivity index (χ1n) is 6.05. The lowest BCUT2D eigenvalue weighted by molar-refractivity contribution is -0.186. The van der Waals surface area contributed by atoms with Gasteiger partial charge in [-0.3, -0.25) is 4.79 Å². The smallest absolute Gasteiger partial charge is 0.261 e. The summed E-state index contributed by atoms with van der Waals surface area (Å²) in [5.41, 5.74) is 4.30.